The summed E-state index contributed by atoms with van der Waals surface area (Å²) in [5, 5.41) is 3.26. The molecular weight excluding hydrogens is 383 g/mol. The number of carbonyl (C=O) groups excluding carboxylic acids is 1. The summed E-state index contributed by atoms with van der Waals surface area (Å²) in [6.45, 7) is 2.16. The molecule has 7 heteroatoms. The molecule has 0 aliphatic heterocycles. The van der Waals surface area contributed by atoms with Gasteiger partial charge in [0.25, 0.3) is 5.91 Å². The van der Waals surface area contributed by atoms with Crippen LogP contribution in [0.4, 0.5) is 8.78 Å². The van der Waals surface area contributed by atoms with Gasteiger partial charge in [0.15, 0.2) is 5.75 Å². The first kappa shape index (κ1) is 18.9. The molecule has 1 N–H and O–H groups in total. The largest absolute Gasteiger partial charge is 0.494 e. The van der Waals surface area contributed by atoms with Crippen LogP contribution in [0.5, 0.6) is 5.75 Å². The van der Waals surface area contributed by atoms with E-state index >= 15 is 0 Å². The molecule has 1 fully saturated rings. The molecule has 3 nitrogen and oxygen atoms in total. The molecule has 0 aromatic heterocycles. The Labute approximate surface area is 160 Å². The Morgan fingerprint density at radius 3 is 2.50 bits per heavy atom. The van der Waals surface area contributed by atoms with Crippen molar-refractivity contribution in [1.29, 1.82) is 0 Å². The molecule has 0 heterocycles. The molecule has 1 saturated carbocycles. The molecule has 3 rings (SSSR count). The fourth-order valence-corrected chi connectivity index (χ4v) is 3.84. The summed E-state index contributed by atoms with van der Waals surface area (Å²) in [6.07, 6.45) is 0.691. The highest BCUT2D eigenvalue weighted by atomic mass is 35.5. The number of amides is 1. The van der Waals surface area contributed by atoms with Gasteiger partial charge >= 0.3 is 0 Å². The number of carbonyl (C=O) groups is 1. The van der Waals surface area contributed by atoms with E-state index in [1.807, 2.05) is 6.92 Å². The third-order valence-corrected chi connectivity index (χ3v) is 5.59. The van der Waals surface area contributed by atoms with Gasteiger partial charge in [-0.15, -0.1) is 0 Å². The SMILES string of the molecule is COc1c(Cl)ccc(Cl)c1C(=O)NCC1(c2ccc(F)cc2F)CC1C. The monoisotopic (exact) mass is 399 g/mol. The Balaban J connectivity index is 1.84. The second-order valence-electron chi connectivity index (χ2n) is 6.51. The Morgan fingerprint density at radius 1 is 1.27 bits per heavy atom. The van der Waals surface area contributed by atoms with E-state index in [1.165, 1.54) is 31.4 Å². The molecule has 1 amide bonds. The number of hydrogen-bond donors (Lipinski definition) is 1. The maximum atomic E-state index is 14.2. The third kappa shape index (κ3) is 3.26. The second kappa shape index (κ2) is 7.05. The summed E-state index contributed by atoms with van der Waals surface area (Å²) in [6, 6.07) is 6.58. The van der Waals surface area contributed by atoms with Crippen LogP contribution in [0.25, 0.3) is 0 Å². The smallest absolute Gasteiger partial charge is 0.256 e. The quantitative estimate of drug-likeness (QED) is 0.768. The van der Waals surface area contributed by atoms with Gasteiger partial charge in [0.05, 0.1) is 17.2 Å². The van der Waals surface area contributed by atoms with Crippen molar-refractivity contribution >= 4 is 29.1 Å². The molecule has 26 heavy (non-hydrogen) atoms. The predicted octanol–water partition coefficient (Wildman–Crippen LogP) is 4.99. The molecule has 0 saturated heterocycles. The van der Waals surface area contributed by atoms with Crippen LogP contribution in [0, 0.1) is 17.6 Å². The average Bonchev–Trinajstić information content (AvgIpc) is 3.25. The van der Waals surface area contributed by atoms with Crippen molar-refractivity contribution in [3.63, 3.8) is 0 Å². The van der Waals surface area contributed by atoms with Crippen LogP contribution >= 0.6 is 23.2 Å². The van der Waals surface area contributed by atoms with E-state index in [0.29, 0.717) is 12.0 Å². The van der Waals surface area contributed by atoms with Crippen molar-refractivity contribution in [2.24, 2.45) is 5.92 Å². The topological polar surface area (TPSA) is 38.3 Å². The first-order valence-electron chi connectivity index (χ1n) is 8.06. The zero-order valence-corrected chi connectivity index (χ0v) is 15.7. The normalized spacial score (nSPS) is 21.4. The van der Waals surface area contributed by atoms with Crippen LogP contribution in [0.15, 0.2) is 30.3 Å². The van der Waals surface area contributed by atoms with Crippen LogP contribution in [0.2, 0.25) is 10.0 Å². The van der Waals surface area contributed by atoms with Crippen LogP contribution in [0.3, 0.4) is 0 Å². The summed E-state index contributed by atoms with van der Waals surface area (Å²) < 4.78 is 32.6. The van der Waals surface area contributed by atoms with E-state index in [0.717, 1.165) is 6.07 Å². The third-order valence-electron chi connectivity index (χ3n) is 4.98. The lowest BCUT2D eigenvalue weighted by Crippen LogP contribution is -2.34. The molecule has 1 aliphatic carbocycles. The molecule has 2 aromatic rings. The van der Waals surface area contributed by atoms with Gasteiger partial charge in [0.1, 0.15) is 17.2 Å². The maximum absolute atomic E-state index is 14.2. The van der Waals surface area contributed by atoms with E-state index in [-0.39, 0.29) is 33.8 Å². The van der Waals surface area contributed by atoms with E-state index in [4.69, 9.17) is 27.9 Å². The lowest BCUT2D eigenvalue weighted by Gasteiger charge is -2.20. The van der Waals surface area contributed by atoms with E-state index in [2.05, 4.69) is 5.32 Å². The van der Waals surface area contributed by atoms with Crippen molar-refractivity contribution in [3.05, 3.63) is 63.1 Å². The Morgan fingerprint density at radius 2 is 1.92 bits per heavy atom. The highest BCUT2D eigenvalue weighted by Gasteiger charge is 2.53. The standard InChI is InChI=1S/C19H17Cl2F2NO2/c1-10-8-19(10,12-4-3-11(22)7-15(12)23)9-24-18(25)16-13(20)5-6-14(21)17(16)26-2/h3-7,10H,8-9H2,1-2H3,(H,24,25). The maximum Gasteiger partial charge on any atom is 0.256 e. The molecule has 1 aliphatic rings. The van der Waals surface area contributed by atoms with Crippen LogP contribution in [-0.2, 0) is 5.41 Å². The number of ether oxygens (including phenoxy) is 1. The number of halogens is 4. The summed E-state index contributed by atoms with van der Waals surface area (Å²) in [5.74, 6) is -1.37. The van der Waals surface area contributed by atoms with Gasteiger partial charge < -0.3 is 10.1 Å². The number of rotatable bonds is 5. The summed E-state index contributed by atoms with van der Waals surface area (Å²) in [5.41, 5.74) is -0.0355. The molecule has 2 atom stereocenters. The summed E-state index contributed by atoms with van der Waals surface area (Å²) in [7, 11) is 1.40. The van der Waals surface area contributed by atoms with E-state index in [9.17, 15) is 13.6 Å². The van der Waals surface area contributed by atoms with Crippen LogP contribution in [0.1, 0.15) is 29.3 Å². The predicted molar refractivity (Wildman–Crippen MR) is 97.2 cm³/mol. The molecule has 138 valence electrons. The average molecular weight is 400 g/mol. The molecule has 0 spiro atoms. The van der Waals surface area contributed by atoms with Gasteiger partial charge in [-0.05, 0) is 36.1 Å². The van der Waals surface area contributed by atoms with Crippen LogP contribution in [-0.4, -0.2) is 19.6 Å². The lowest BCUT2D eigenvalue weighted by molar-refractivity contribution is 0.0946. The molecule has 0 radical (unpaired) electrons. The van der Waals surface area contributed by atoms with Crippen molar-refractivity contribution in [1.82, 2.24) is 5.32 Å². The van der Waals surface area contributed by atoms with Gasteiger partial charge in [0, 0.05) is 18.0 Å². The first-order chi connectivity index (χ1) is 12.3. The zero-order valence-electron chi connectivity index (χ0n) is 14.2. The fourth-order valence-electron chi connectivity index (χ4n) is 3.37. The van der Waals surface area contributed by atoms with Crippen molar-refractivity contribution in [3.8, 4) is 5.75 Å². The Kier molecular flexibility index (Phi) is 5.13. The zero-order chi connectivity index (χ0) is 19.1. The number of nitrogens with one attached hydrogen (secondary N) is 1. The minimum absolute atomic E-state index is 0.129. The number of benzene rings is 2. The molecular formula is C19H17Cl2F2NO2. The summed E-state index contributed by atoms with van der Waals surface area (Å²) in [4.78, 5) is 12.7. The van der Waals surface area contributed by atoms with Gasteiger partial charge in [-0.1, -0.05) is 36.2 Å². The van der Waals surface area contributed by atoms with Gasteiger partial charge in [-0.2, -0.15) is 0 Å². The second-order valence-corrected chi connectivity index (χ2v) is 7.32. The van der Waals surface area contributed by atoms with Gasteiger partial charge in [0.2, 0.25) is 0 Å². The first-order valence-corrected chi connectivity index (χ1v) is 8.81. The molecule has 2 aromatic carbocycles. The molecule has 2 unspecified atom stereocenters. The minimum atomic E-state index is -0.630. The minimum Gasteiger partial charge on any atom is -0.494 e. The number of hydrogen-bond acceptors (Lipinski definition) is 2. The van der Waals surface area contributed by atoms with Crippen molar-refractivity contribution in [2.45, 2.75) is 18.8 Å². The van der Waals surface area contributed by atoms with Crippen LogP contribution < -0.4 is 10.1 Å². The van der Waals surface area contributed by atoms with Gasteiger partial charge in [-0.25, -0.2) is 8.78 Å². The highest BCUT2D eigenvalue weighted by molar-refractivity contribution is 6.37. The highest BCUT2D eigenvalue weighted by Crippen LogP contribution is 2.54. The Hall–Kier alpha value is -1.85. The van der Waals surface area contributed by atoms with E-state index < -0.39 is 23.0 Å². The van der Waals surface area contributed by atoms with E-state index in [1.54, 1.807) is 0 Å². The summed E-state index contributed by atoms with van der Waals surface area (Å²) >= 11 is 12.2. The lowest BCUT2D eigenvalue weighted by atomic mass is 9.92. The molecule has 0 bridgehead atoms. The number of methoxy groups -OCH3 is 1. The fraction of sp³-hybridized carbons (Fsp3) is 0.316. The Bertz CT molecular complexity index is 875. The van der Waals surface area contributed by atoms with Gasteiger partial charge in [-0.3, -0.25) is 4.79 Å². The van der Waals surface area contributed by atoms with Crippen molar-refractivity contribution in [2.75, 3.05) is 13.7 Å². The van der Waals surface area contributed by atoms with Crippen molar-refractivity contribution < 1.29 is 18.3 Å².